The zero-order valence-electron chi connectivity index (χ0n) is 13.6. The Hall–Kier alpha value is -0.810. The van der Waals surface area contributed by atoms with Crippen LogP contribution in [0.3, 0.4) is 0 Å². The van der Waals surface area contributed by atoms with Crippen LogP contribution in [0.2, 0.25) is 10.0 Å². The summed E-state index contributed by atoms with van der Waals surface area (Å²) < 4.78 is 5.53. The van der Waals surface area contributed by atoms with E-state index in [0.29, 0.717) is 11.1 Å². The fourth-order valence-corrected chi connectivity index (χ4v) is 4.83. The third kappa shape index (κ3) is 3.05. The molecule has 1 aromatic carbocycles. The molecule has 130 valence electrons. The van der Waals surface area contributed by atoms with Gasteiger partial charge < -0.3 is 9.64 Å². The van der Waals surface area contributed by atoms with Crippen molar-refractivity contribution >= 4 is 29.1 Å². The zero-order chi connectivity index (χ0) is 16.7. The Kier molecular flexibility index (Phi) is 4.74. The maximum atomic E-state index is 12.5. The molecule has 0 saturated carbocycles. The van der Waals surface area contributed by atoms with E-state index in [9.17, 15) is 4.79 Å². The van der Waals surface area contributed by atoms with Crippen molar-refractivity contribution in [1.82, 2.24) is 9.80 Å². The number of halogens is 2. The summed E-state index contributed by atoms with van der Waals surface area (Å²) in [6.45, 7) is 4.06. The minimum absolute atomic E-state index is 0.171. The van der Waals surface area contributed by atoms with E-state index >= 15 is 0 Å². The highest BCUT2D eigenvalue weighted by Gasteiger charge is 2.34. The predicted octanol–water partition coefficient (Wildman–Crippen LogP) is 3.30. The molecule has 2 aliphatic heterocycles. The highest BCUT2D eigenvalue weighted by molar-refractivity contribution is 6.35. The molecule has 2 atom stereocenters. The Morgan fingerprint density at radius 3 is 2.62 bits per heavy atom. The van der Waals surface area contributed by atoms with Gasteiger partial charge in [-0.2, -0.15) is 0 Å². The quantitative estimate of drug-likeness (QED) is 0.802. The van der Waals surface area contributed by atoms with Crippen molar-refractivity contribution in [2.75, 3.05) is 32.8 Å². The molecule has 0 radical (unpaired) electrons. The largest absolute Gasteiger partial charge is 0.368 e. The van der Waals surface area contributed by atoms with Gasteiger partial charge in [-0.3, -0.25) is 9.69 Å². The van der Waals surface area contributed by atoms with E-state index in [4.69, 9.17) is 27.9 Å². The molecule has 2 heterocycles. The van der Waals surface area contributed by atoms with Crippen molar-refractivity contribution in [2.45, 2.75) is 37.8 Å². The molecule has 6 heteroatoms. The summed E-state index contributed by atoms with van der Waals surface area (Å²) in [5.74, 6) is 0.171. The van der Waals surface area contributed by atoms with E-state index in [1.54, 1.807) is 0 Å². The van der Waals surface area contributed by atoms with Gasteiger partial charge in [-0.25, -0.2) is 0 Å². The summed E-state index contributed by atoms with van der Waals surface area (Å²) in [5, 5.41) is 1.49. The molecule has 0 bridgehead atoms. The molecule has 2 fully saturated rings. The van der Waals surface area contributed by atoms with E-state index < -0.39 is 0 Å². The fourth-order valence-electron chi connectivity index (χ4n) is 4.23. The van der Waals surface area contributed by atoms with Crippen LogP contribution in [0.1, 0.15) is 36.4 Å². The third-order valence-electron chi connectivity index (χ3n) is 5.49. The van der Waals surface area contributed by atoms with Crippen molar-refractivity contribution in [3.63, 3.8) is 0 Å². The van der Waals surface area contributed by atoms with Crippen molar-refractivity contribution in [1.29, 1.82) is 0 Å². The number of ether oxygens (including phenoxy) is 1. The number of amides is 1. The summed E-state index contributed by atoms with van der Waals surface area (Å²) in [6, 6.07) is 4.27. The van der Waals surface area contributed by atoms with Crippen LogP contribution in [0.25, 0.3) is 0 Å². The van der Waals surface area contributed by atoms with E-state index in [-0.39, 0.29) is 12.0 Å². The lowest BCUT2D eigenvalue weighted by molar-refractivity contribution is -0.143. The summed E-state index contributed by atoms with van der Waals surface area (Å²) in [5.41, 5.74) is 2.51. The van der Waals surface area contributed by atoms with E-state index in [1.807, 2.05) is 11.0 Å². The first-order chi connectivity index (χ1) is 11.6. The number of piperazine rings is 1. The number of carbonyl (C=O) groups excluding carboxylic acids is 1. The number of carbonyl (C=O) groups is 1. The maximum absolute atomic E-state index is 12.5. The SMILES string of the molecule is O=C([C@H]1CCCO1)N1CCN([C@H]2CCc3c(Cl)cc(Cl)cc32)CC1. The van der Waals surface area contributed by atoms with Gasteiger partial charge in [-0.15, -0.1) is 0 Å². The minimum atomic E-state index is -0.207. The molecule has 2 saturated heterocycles. The predicted molar refractivity (Wildman–Crippen MR) is 94.7 cm³/mol. The average Bonchev–Trinajstić information content (AvgIpc) is 3.24. The zero-order valence-corrected chi connectivity index (χ0v) is 15.2. The highest BCUT2D eigenvalue weighted by atomic mass is 35.5. The molecular weight excluding hydrogens is 347 g/mol. The number of hydrogen-bond acceptors (Lipinski definition) is 3. The molecule has 24 heavy (non-hydrogen) atoms. The normalized spacial score (nSPS) is 27.5. The fraction of sp³-hybridized carbons (Fsp3) is 0.611. The number of nitrogens with zero attached hydrogens (tertiary/aromatic N) is 2. The molecule has 4 rings (SSSR count). The number of fused-ring (bicyclic) bond motifs is 1. The van der Waals surface area contributed by atoms with Gasteiger partial charge in [0.25, 0.3) is 5.91 Å². The monoisotopic (exact) mass is 368 g/mol. The maximum Gasteiger partial charge on any atom is 0.251 e. The van der Waals surface area contributed by atoms with Crippen LogP contribution in [0, 0.1) is 0 Å². The lowest BCUT2D eigenvalue weighted by Gasteiger charge is -2.39. The minimum Gasteiger partial charge on any atom is -0.368 e. The first-order valence-electron chi connectivity index (χ1n) is 8.76. The van der Waals surface area contributed by atoms with Crippen LogP contribution >= 0.6 is 23.2 Å². The van der Waals surface area contributed by atoms with Crippen LogP contribution < -0.4 is 0 Å². The smallest absolute Gasteiger partial charge is 0.251 e. The molecule has 1 aromatic rings. The lowest BCUT2D eigenvalue weighted by Crippen LogP contribution is -2.51. The molecule has 0 spiro atoms. The van der Waals surface area contributed by atoms with Gasteiger partial charge in [0.05, 0.1) is 0 Å². The average molecular weight is 369 g/mol. The Bertz CT molecular complexity index is 638. The van der Waals surface area contributed by atoms with Crippen LogP contribution in [0.4, 0.5) is 0 Å². The summed E-state index contributed by atoms with van der Waals surface area (Å²) in [7, 11) is 0. The van der Waals surface area contributed by atoms with E-state index in [0.717, 1.165) is 63.5 Å². The summed E-state index contributed by atoms with van der Waals surface area (Å²) >= 11 is 12.5. The first kappa shape index (κ1) is 16.6. The second-order valence-electron chi connectivity index (χ2n) is 6.87. The molecule has 3 aliphatic rings. The van der Waals surface area contributed by atoms with Crippen LogP contribution in [-0.4, -0.2) is 54.6 Å². The highest BCUT2D eigenvalue weighted by Crippen LogP contribution is 2.41. The second-order valence-corrected chi connectivity index (χ2v) is 7.72. The summed E-state index contributed by atoms with van der Waals surface area (Å²) in [4.78, 5) is 16.9. The Morgan fingerprint density at radius 1 is 1.12 bits per heavy atom. The number of hydrogen-bond donors (Lipinski definition) is 0. The second kappa shape index (κ2) is 6.83. The topological polar surface area (TPSA) is 32.8 Å². The van der Waals surface area contributed by atoms with Crippen LogP contribution in [0.15, 0.2) is 12.1 Å². The molecule has 0 unspecified atom stereocenters. The van der Waals surface area contributed by atoms with Gasteiger partial charge in [0.1, 0.15) is 6.10 Å². The van der Waals surface area contributed by atoms with Gasteiger partial charge in [0.2, 0.25) is 0 Å². The van der Waals surface area contributed by atoms with Crippen molar-refractivity contribution < 1.29 is 9.53 Å². The molecule has 0 aromatic heterocycles. The Labute approximate surface area is 152 Å². The Morgan fingerprint density at radius 2 is 1.92 bits per heavy atom. The number of benzene rings is 1. The van der Waals surface area contributed by atoms with E-state index in [2.05, 4.69) is 11.0 Å². The van der Waals surface area contributed by atoms with Crippen molar-refractivity contribution in [2.24, 2.45) is 0 Å². The molecule has 1 aliphatic carbocycles. The lowest BCUT2D eigenvalue weighted by atomic mass is 10.1. The number of rotatable bonds is 2. The Balaban J connectivity index is 1.42. The van der Waals surface area contributed by atoms with Crippen molar-refractivity contribution in [3.8, 4) is 0 Å². The molecular formula is C18H22Cl2N2O2. The van der Waals surface area contributed by atoms with Crippen LogP contribution in [0.5, 0.6) is 0 Å². The van der Waals surface area contributed by atoms with Gasteiger partial charge in [0, 0.05) is 48.9 Å². The van der Waals surface area contributed by atoms with Crippen LogP contribution in [-0.2, 0) is 16.0 Å². The summed E-state index contributed by atoms with van der Waals surface area (Å²) in [6.07, 6.45) is 3.74. The van der Waals surface area contributed by atoms with Gasteiger partial charge in [-0.05, 0) is 48.9 Å². The first-order valence-corrected chi connectivity index (χ1v) is 9.51. The molecule has 1 amide bonds. The van der Waals surface area contributed by atoms with Crippen molar-refractivity contribution in [3.05, 3.63) is 33.3 Å². The molecule has 4 nitrogen and oxygen atoms in total. The van der Waals surface area contributed by atoms with E-state index in [1.165, 1.54) is 11.1 Å². The molecule has 0 N–H and O–H groups in total. The van der Waals surface area contributed by atoms with Gasteiger partial charge in [0.15, 0.2) is 0 Å². The third-order valence-corrected chi connectivity index (χ3v) is 6.05. The van der Waals surface area contributed by atoms with Gasteiger partial charge >= 0.3 is 0 Å². The standard InChI is InChI=1S/C18H22Cl2N2O2/c19-12-10-14-13(15(20)11-12)3-4-16(14)21-5-7-22(8-6-21)18(23)17-2-1-9-24-17/h10-11,16-17H,1-9H2/t16-,17+/m0/s1. The van der Waals surface area contributed by atoms with Gasteiger partial charge in [-0.1, -0.05) is 23.2 Å².